The van der Waals surface area contributed by atoms with Crippen molar-refractivity contribution in [1.82, 2.24) is 0 Å². The molecule has 0 aliphatic carbocycles. The van der Waals surface area contributed by atoms with Crippen molar-refractivity contribution < 1.29 is 4.79 Å². The van der Waals surface area contributed by atoms with Gasteiger partial charge in [0.05, 0.1) is 11.4 Å². The lowest BCUT2D eigenvalue weighted by Crippen LogP contribution is -2.30. The predicted molar refractivity (Wildman–Crippen MR) is 89.3 cm³/mol. The molecule has 1 aliphatic rings. The van der Waals surface area contributed by atoms with Crippen molar-refractivity contribution in [2.75, 3.05) is 11.4 Å². The van der Waals surface area contributed by atoms with Gasteiger partial charge in [-0.15, -0.1) is 6.58 Å². The van der Waals surface area contributed by atoms with E-state index in [1.165, 1.54) is 0 Å². The van der Waals surface area contributed by atoms with Crippen LogP contribution in [0.1, 0.15) is 5.56 Å². The topological polar surface area (TPSA) is 32.7 Å². The molecule has 1 heterocycles. The fourth-order valence-electron chi connectivity index (χ4n) is 2.34. The Hall–Kier alpha value is -2.20. The number of hydrogen-bond donors (Lipinski definition) is 0. The molecule has 2 aromatic rings. The smallest absolute Gasteiger partial charge is 0.277 e. The van der Waals surface area contributed by atoms with Crippen LogP contribution in [0.3, 0.4) is 0 Å². The molecule has 0 saturated carbocycles. The number of fused-ring (bicyclic) bond motifs is 1. The molecular weight excluding hydrogens is 328 g/mol. The zero-order valence-electron chi connectivity index (χ0n) is 11.3. The third-order valence-corrected chi connectivity index (χ3v) is 3.75. The molecule has 0 radical (unpaired) electrons. The average molecular weight is 341 g/mol. The summed E-state index contributed by atoms with van der Waals surface area (Å²) in [6.07, 6.45) is 1.72. The number of aliphatic imine (C=N–C) groups is 1. The number of anilines is 1. The van der Waals surface area contributed by atoms with Crippen LogP contribution in [0.25, 0.3) is 0 Å². The van der Waals surface area contributed by atoms with E-state index in [-0.39, 0.29) is 5.91 Å². The summed E-state index contributed by atoms with van der Waals surface area (Å²) in [5.41, 5.74) is 2.96. The number of rotatable bonds is 3. The molecule has 0 saturated heterocycles. The maximum atomic E-state index is 12.6. The summed E-state index contributed by atoms with van der Waals surface area (Å²) < 4.78 is 0.926. The molecule has 0 bridgehead atoms. The highest BCUT2D eigenvalue weighted by Crippen LogP contribution is 2.32. The number of benzene rings is 2. The van der Waals surface area contributed by atoms with Crippen molar-refractivity contribution in [2.24, 2.45) is 4.99 Å². The number of carbonyl (C=O) groups excluding carboxylic acids is 1. The Balaban J connectivity index is 2.14. The van der Waals surface area contributed by atoms with Crippen molar-refractivity contribution in [2.45, 2.75) is 0 Å². The van der Waals surface area contributed by atoms with Crippen LogP contribution in [0.15, 0.2) is 70.7 Å². The van der Waals surface area contributed by atoms with Gasteiger partial charge in [0, 0.05) is 16.6 Å². The van der Waals surface area contributed by atoms with Crippen molar-refractivity contribution in [3.8, 4) is 0 Å². The highest BCUT2D eigenvalue weighted by Gasteiger charge is 2.33. The van der Waals surface area contributed by atoms with Gasteiger partial charge >= 0.3 is 0 Å². The van der Waals surface area contributed by atoms with Gasteiger partial charge in [0.1, 0.15) is 5.71 Å². The van der Waals surface area contributed by atoms with E-state index in [1.807, 2.05) is 48.5 Å². The maximum absolute atomic E-state index is 12.6. The van der Waals surface area contributed by atoms with E-state index in [9.17, 15) is 4.79 Å². The van der Waals surface area contributed by atoms with Crippen LogP contribution in [0.5, 0.6) is 0 Å². The van der Waals surface area contributed by atoms with Gasteiger partial charge in [0.15, 0.2) is 0 Å². The van der Waals surface area contributed by atoms with Crippen LogP contribution in [-0.2, 0) is 4.79 Å². The van der Waals surface area contributed by atoms with Crippen LogP contribution in [0.2, 0.25) is 0 Å². The van der Waals surface area contributed by atoms with Crippen LogP contribution in [-0.4, -0.2) is 18.2 Å². The Bertz CT molecular complexity index is 738. The molecule has 0 atom stereocenters. The molecule has 21 heavy (non-hydrogen) atoms. The van der Waals surface area contributed by atoms with Crippen LogP contribution >= 0.6 is 15.9 Å². The van der Waals surface area contributed by atoms with Gasteiger partial charge in [-0.3, -0.25) is 4.79 Å². The van der Waals surface area contributed by atoms with E-state index in [1.54, 1.807) is 11.0 Å². The molecule has 0 N–H and O–H groups in total. The van der Waals surface area contributed by atoms with E-state index < -0.39 is 0 Å². The first-order valence-electron chi connectivity index (χ1n) is 6.57. The Morgan fingerprint density at radius 1 is 1.19 bits per heavy atom. The third kappa shape index (κ3) is 2.54. The van der Waals surface area contributed by atoms with Gasteiger partial charge in [-0.05, 0) is 30.3 Å². The standard InChI is InChI=1S/C17H13BrN2O/c1-2-10-20-15-9-8-12(18)11-14(15)16(17(20)21)19-13-6-4-3-5-7-13/h2-9,11H,1,10H2/b19-16-. The van der Waals surface area contributed by atoms with Gasteiger partial charge in [-0.1, -0.05) is 40.2 Å². The van der Waals surface area contributed by atoms with E-state index >= 15 is 0 Å². The van der Waals surface area contributed by atoms with Crippen LogP contribution in [0, 0.1) is 0 Å². The third-order valence-electron chi connectivity index (χ3n) is 3.26. The summed E-state index contributed by atoms with van der Waals surface area (Å²) in [6.45, 7) is 4.19. The van der Waals surface area contributed by atoms with Crippen molar-refractivity contribution in [1.29, 1.82) is 0 Å². The monoisotopic (exact) mass is 340 g/mol. The van der Waals surface area contributed by atoms with Gasteiger partial charge in [0.25, 0.3) is 5.91 Å². The first-order valence-corrected chi connectivity index (χ1v) is 7.36. The summed E-state index contributed by atoms with van der Waals surface area (Å²) >= 11 is 3.45. The van der Waals surface area contributed by atoms with E-state index in [4.69, 9.17) is 0 Å². The summed E-state index contributed by atoms with van der Waals surface area (Å²) in [7, 11) is 0. The number of hydrogen-bond acceptors (Lipinski definition) is 2. The lowest BCUT2D eigenvalue weighted by atomic mass is 10.1. The quantitative estimate of drug-likeness (QED) is 0.774. The zero-order valence-corrected chi connectivity index (χ0v) is 12.9. The summed E-state index contributed by atoms with van der Waals surface area (Å²) in [6, 6.07) is 15.3. The van der Waals surface area contributed by atoms with E-state index in [2.05, 4.69) is 27.5 Å². The number of amides is 1. The Kier molecular flexibility index (Phi) is 3.71. The summed E-state index contributed by atoms with van der Waals surface area (Å²) in [5, 5.41) is 0. The van der Waals surface area contributed by atoms with Gasteiger partial charge < -0.3 is 4.90 Å². The minimum absolute atomic E-state index is 0.0909. The van der Waals surface area contributed by atoms with Crippen LogP contribution in [0.4, 0.5) is 11.4 Å². The van der Waals surface area contributed by atoms with Crippen molar-refractivity contribution >= 4 is 38.9 Å². The molecule has 0 aromatic heterocycles. The zero-order chi connectivity index (χ0) is 14.8. The van der Waals surface area contributed by atoms with E-state index in [0.29, 0.717) is 12.3 Å². The molecule has 1 amide bonds. The minimum Gasteiger partial charge on any atom is -0.303 e. The fourth-order valence-corrected chi connectivity index (χ4v) is 2.70. The SMILES string of the molecule is C=CCN1C(=O)/C(=N\c2ccccc2)c2cc(Br)ccc21. The molecule has 3 rings (SSSR count). The normalized spacial score (nSPS) is 15.4. The first-order chi connectivity index (χ1) is 10.2. The Morgan fingerprint density at radius 3 is 2.67 bits per heavy atom. The maximum Gasteiger partial charge on any atom is 0.277 e. The molecule has 4 heteroatoms. The number of halogens is 1. The van der Waals surface area contributed by atoms with Gasteiger partial charge in [-0.2, -0.15) is 0 Å². The largest absolute Gasteiger partial charge is 0.303 e. The predicted octanol–water partition coefficient (Wildman–Crippen LogP) is 4.10. The highest BCUT2D eigenvalue weighted by atomic mass is 79.9. The van der Waals surface area contributed by atoms with Crippen molar-refractivity contribution in [3.63, 3.8) is 0 Å². The second kappa shape index (κ2) is 5.66. The summed E-state index contributed by atoms with van der Waals surface area (Å²) in [5.74, 6) is -0.0909. The Labute approximate surface area is 131 Å². The minimum atomic E-state index is -0.0909. The molecule has 0 fully saturated rings. The fraction of sp³-hybridized carbons (Fsp3) is 0.0588. The lowest BCUT2D eigenvalue weighted by molar-refractivity contribution is -0.112. The number of para-hydroxylation sites is 1. The molecular formula is C17H13BrN2O. The summed E-state index contributed by atoms with van der Waals surface area (Å²) in [4.78, 5) is 18.8. The lowest BCUT2D eigenvalue weighted by Gasteiger charge is -2.13. The van der Waals surface area contributed by atoms with Crippen molar-refractivity contribution in [3.05, 3.63) is 71.2 Å². The molecule has 0 unspecified atom stereocenters. The average Bonchev–Trinajstić information content (AvgIpc) is 2.74. The molecule has 0 spiro atoms. The number of nitrogens with zero attached hydrogens (tertiary/aromatic N) is 2. The molecule has 1 aliphatic heterocycles. The highest BCUT2D eigenvalue weighted by molar-refractivity contribution is 9.10. The van der Waals surface area contributed by atoms with Gasteiger partial charge in [-0.25, -0.2) is 4.99 Å². The van der Waals surface area contributed by atoms with Crippen LogP contribution < -0.4 is 4.90 Å². The second-order valence-electron chi connectivity index (χ2n) is 4.66. The Morgan fingerprint density at radius 2 is 1.95 bits per heavy atom. The van der Waals surface area contributed by atoms with E-state index in [0.717, 1.165) is 21.4 Å². The first kappa shape index (κ1) is 13.8. The molecule has 3 nitrogen and oxygen atoms in total. The van der Waals surface area contributed by atoms with Gasteiger partial charge in [0.2, 0.25) is 0 Å². The number of carbonyl (C=O) groups is 1. The second-order valence-corrected chi connectivity index (χ2v) is 5.58. The molecule has 104 valence electrons. The molecule has 2 aromatic carbocycles.